The molecular formula is C43H42N2O4S2. The molecule has 2 aliphatic rings. The Kier molecular flexibility index (Phi) is 10.4. The third-order valence-electron chi connectivity index (χ3n) is 9.50. The van der Waals surface area contributed by atoms with Crippen molar-refractivity contribution in [1.82, 2.24) is 8.61 Å². The maximum absolute atomic E-state index is 14.8. The normalized spacial score (nSPS) is 20.2. The highest BCUT2D eigenvalue weighted by Gasteiger charge is 2.53. The minimum absolute atomic E-state index is 0.0172. The van der Waals surface area contributed by atoms with E-state index in [0.717, 1.165) is 27.5 Å². The summed E-state index contributed by atoms with van der Waals surface area (Å²) < 4.78 is 62.1. The van der Waals surface area contributed by atoms with Gasteiger partial charge in [0.15, 0.2) is 0 Å². The average molecular weight is 715 g/mol. The number of rotatable bonds is 10. The first-order valence-corrected chi connectivity index (χ1v) is 19.7. The van der Waals surface area contributed by atoms with Crippen molar-refractivity contribution >= 4 is 30.8 Å². The van der Waals surface area contributed by atoms with Crippen LogP contribution >= 0.6 is 0 Å². The standard InChI is InChI=1S/C43H42N2O4S2/c1-31-21-25-39(26-22-31)50(46,47)44(29-37-17-11-9-7-6-8-10-15-33(37)3)42-34(4)35(5)43(42)45(51(48,49)40-27-23-32(2)24-28-40)30-38-19-14-18-36-16-12-13-20-41(36)38/h6,8-28,42-43H,3-5,7,29-30H2,1-2H3/b8-6-,11-9-,15-10-,37-17?/t42-,43-/m1/s1. The Bertz CT molecular complexity index is 2340. The van der Waals surface area contributed by atoms with Crippen molar-refractivity contribution in [2.75, 3.05) is 6.54 Å². The predicted molar refractivity (Wildman–Crippen MR) is 208 cm³/mol. The van der Waals surface area contributed by atoms with E-state index < -0.39 is 32.1 Å². The van der Waals surface area contributed by atoms with Gasteiger partial charge in [-0.2, -0.15) is 8.61 Å². The summed E-state index contributed by atoms with van der Waals surface area (Å²) in [6.45, 7) is 16.5. The van der Waals surface area contributed by atoms with E-state index in [1.165, 1.54) is 8.61 Å². The molecule has 2 atom stereocenters. The van der Waals surface area contributed by atoms with Crippen LogP contribution in [0.15, 0.2) is 185 Å². The molecule has 1 fully saturated rings. The van der Waals surface area contributed by atoms with Crippen LogP contribution in [-0.2, 0) is 26.6 Å². The van der Waals surface area contributed by atoms with Gasteiger partial charge < -0.3 is 0 Å². The molecule has 0 bridgehead atoms. The maximum atomic E-state index is 14.8. The topological polar surface area (TPSA) is 74.8 Å². The molecule has 260 valence electrons. The molecule has 0 aromatic heterocycles. The minimum Gasteiger partial charge on any atom is -0.207 e. The van der Waals surface area contributed by atoms with Crippen LogP contribution in [0.3, 0.4) is 0 Å². The van der Waals surface area contributed by atoms with E-state index in [1.807, 2.05) is 98.8 Å². The van der Waals surface area contributed by atoms with Gasteiger partial charge in [0.1, 0.15) is 0 Å². The van der Waals surface area contributed by atoms with Crippen molar-refractivity contribution in [3.63, 3.8) is 0 Å². The zero-order chi connectivity index (χ0) is 36.3. The molecule has 0 saturated heterocycles. The van der Waals surface area contributed by atoms with E-state index in [-0.39, 0.29) is 22.9 Å². The van der Waals surface area contributed by atoms with Crippen molar-refractivity contribution < 1.29 is 16.8 Å². The van der Waals surface area contributed by atoms with Gasteiger partial charge in [-0.3, -0.25) is 0 Å². The van der Waals surface area contributed by atoms with Crippen molar-refractivity contribution in [3.8, 4) is 0 Å². The molecule has 0 N–H and O–H groups in total. The molecule has 0 spiro atoms. The highest BCUT2D eigenvalue weighted by Crippen LogP contribution is 2.44. The van der Waals surface area contributed by atoms with Crippen molar-refractivity contribution in [2.24, 2.45) is 0 Å². The third-order valence-corrected chi connectivity index (χ3v) is 13.2. The highest BCUT2D eigenvalue weighted by molar-refractivity contribution is 7.89. The summed E-state index contributed by atoms with van der Waals surface area (Å²) in [6, 6.07) is 25.1. The second-order valence-corrected chi connectivity index (χ2v) is 16.8. The first-order chi connectivity index (χ1) is 24.4. The summed E-state index contributed by atoms with van der Waals surface area (Å²) in [5.74, 6) is 0. The van der Waals surface area contributed by atoms with Crippen molar-refractivity contribution in [2.45, 2.75) is 48.7 Å². The van der Waals surface area contributed by atoms with E-state index in [9.17, 15) is 16.8 Å². The van der Waals surface area contributed by atoms with Gasteiger partial charge >= 0.3 is 0 Å². The smallest absolute Gasteiger partial charge is 0.207 e. The molecule has 0 aliphatic heterocycles. The van der Waals surface area contributed by atoms with Gasteiger partial charge in [0.2, 0.25) is 20.0 Å². The summed E-state index contributed by atoms with van der Waals surface area (Å²) in [7, 11) is -8.42. The van der Waals surface area contributed by atoms with Crippen molar-refractivity contribution in [1.29, 1.82) is 0 Å². The molecule has 4 aromatic rings. The molecule has 6 rings (SSSR count). The van der Waals surface area contributed by atoms with Crippen LogP contribution in [0.1, 0.15) is 23.1 Å². The van der Waals surface area contributed by atoms with Crippen molar-refractivity contribution in [3.05, 3.63) is 192 Å². The van der Waals surface area contributed by atoms with Crippen LogP contribution in [0, 0.1) is 13.8 Å². The predicted octanol–water partition coefficient (Wildman–Crippen LogP) is 8.76. The second-order valence-electron chi connectivity index (χ2n) is 13.0. The van der Waals surface area contributed by atoms with Crippen LogP contribution in [0.25, 0.3) is 10.8 Å². The lowest BCUT2D eigenvalue weighted by atomic mass is 9.76. The second kappa shape index (κ2) is 14.8. The highest BCUT2D eigenvalue weighted by atomic mass is 32.2. The first-order valence-electron chi connectivity index (χ1n) is 16.8. The number of aryl methyl sites for hydroxylation is 2. The SMILES string of the molecule is C=C1/C=C\C=C/C/C=C\C=C1CN([C@@H]1C(=C)C(=C)[C@H]1N(Cc1cccc2ccccc12)S(=O)(=O)c1ccc(C)cc1)S(=O)(=O)c1ccc(C)cc1. The van der Waals surface area contributed by atoms with Gasteiger partial charge in [-0.15, -0.1) is 0 Å². The molecule has 0 amide bonds. The number of hydrogen-bond acceptors (Lipinski definition) is 4. The van der Waals surface area contributed by atoms with E-state index in [1.54, 1.807) is 48.5 Å². The van der Waals surface area contributed by atoms with Crippen LogP contribution in [0.4, 0.5) is 0 Å². The Morgan fingerprint density at radius 2 is 1.16 bits per heavy atom. The minimum atomic E-state index is -4.22. The van der Waals surface area contributed by atoms with E-state index in [4.69, 9.17) is 0 Å². The molecule has 0 heterocycles. The fourth-order valence-electron chi connectivity index (χ4n) is 6.49. The first kappa shape index (κ1) is 35.9. The van der Waals surface area contributed by atoms with Gasteiger partial charge in [-0.05, 0) is 83.2 Å². The summed E-state index contributed by atoms with van der Waals surface area (Å²) >= 11 is 0. The molecule has 8 heteroatoms. The zero-order valence-corrected chi connectivity index (χ0v) is 30.6. The van der Waals surface area contributed by atoms with Crippen LogP contribution < -0.4 is 0 Å². The van der Waals surface area contributed by atoms with Gasteiger partial charge in [0.25, 0.3) is 0 Å². The van der Waals surface area contributed by atoms with Gasteiger partial charge in [-0.25, -0.2) is 16.8 Å². The lowest BCUT2D eigenvalue weighted by Crippen LogP contribution is -2.63. The molecule has 51 heavy (non-hydrogen) atoms. The van der Waals surface area contributed by atoms with Gasteiger partial charge in [-0.1, -0.05) is 140 Å². The Morgan fingerprint density at radius 3 is 1.76 bits per heavy atom. The number of fused-ring (bicyclic) bond motifs is 1. The fraction of sp³-hybridized carbons (Fsp3) is 0.163. The molecular weight excluding hydrogens is 673 g/mol. The molecule has 4 aromatic carbocycles. The quantitative estimate of drug-likeness (QED) is 0.165. The van der Waals surface area contributed by atoms with Crippen LogP contribution in [-0.4, -0.2) is 44.1 Å². The zero-order valence-electron chi connectivity index (χ0n) is 28.9. The molecule has 2 aliphatic carbocycles. The number of nitrogens with zero attached hydrogens (tertiary/aromatic N) is 2. The van der Waals surface area contributed by atoms with E-state index in [0.29, 0.717) is 28.7 Å². The molecule has 0 unspecified atom stereocenters. The Hall–Kier alpha value is -4.86. The third kappa shape index (κ3) is 7.32. The summed E-state index contributed by atoms with van der Waals surface area (Å²) in [5, 5.41) is 1.88. The van der Waals surface area contributed by atoms with E-state index in [2.05, 4.69) is 19.7 Å². The molecule has 1 saturated carbocycles. The summed E-state index contributed by atoms with van der Waals surface area (Å²) in [6.07, 6.45) is 14.1. The average Bonchev–Trinajstić information content (AvgIpc) is 3.12. The number of sulfonamides is 2. The fourth-order valence-corrected chi connectivity index (χ4v) is 9.69. The summed E-state index contributed by atoms with van der Waals surface area (Å²) in [5.41, 5.74) is 4.84. The maximum Gasteiger partial charge on any atom is 0.244 e. The number of benzene rings is 4. The lowest BCUT2D eigenvalue weighted by molar-refractivity contribution is 0.207. The Morgan fingerprint density at radius 1 is 0.627 bits per heavy atom. The largest absolute Gasteiger partial charge is 0.244 e. The van der Waals surface area contributed by atoms with Gasteiger partial charge in [0.05, 0.1) is 21.9 Å². The Balaban J connectivity index is 1.52. The summed E-state index contributed by atoms with van der Waals surface area (Å²) in [4.78, 5) is 0.205. The molecule has 0 radical (unpaired) electrons. The Labute approximate surface area is 302 Å². The number of hydrogen-bond donors (Lipinski definition) is 0. The van der Waals surface area contributed by atoms with E-state index >= 15 is 0 Å². The number of allylic oxidation sites excluding steroid dienone is 7. The monoisotopic (exact) mass is 714 g/mol. The van der Waals surface area contributed by atoms with Gasteiger partial charge in [0, 0.05) is 13.1 Å². The van der Waals surface area contributed by atoms with Crippen LogP contribution in [0.2, 0.25) is 0 Å². The lowest BCUT2D eigenvalue weighted by Gasteiger charge is -2.51. The molecule has 6 nitrogen and oxygen atoms in total. The van der Waals surface area contributed by atoms with Crippen LogP contribution in [0.5, 0.6) is 0 Å².